The van der Waals surface area contributed by atoms with Crippen molar-refractivity contribution in [1.29, 1.82) is 0 Å². The molecule has 4 nitrogen and oxygen atoms in total. The zero-order valence-corrected chi connectivity index (χ0v) is 20.8. The minimum atomic E-state index is 0.132. The first-order valence-electron chi connectivity index (χ1n) is 12.4. The molecule has 1 amide bonds. The van der Waals surface area contributed by atoms with Crippen molar-refractivity contribution in [2.75, 3.05) is 32.8 Å². The van der Waals surface area contributed by atoms with Gasteiger partial charge in [0, 0.05) is 35.8 Å². The molecule has 0 bridgehead atoms. The van der Waals surface area contributed by atoms with Crippen molar-refractivity contribution in [3.63, 3.8) is 0 Å². The largest absolute Gasteiger partial charge is 0.493 e. The van der Waals surface area contributed by atoms with Gasteiger partial charge in [-0.25, -0.2) is 0 Å². The number of hydrogen-bond acceptors (Lipinski definition) is 3. The minimum absolute atomic E-state index is 0.132. The van der Waals surface area contributed by atoms with Crippen molar-refractivity contribution in [3.05, 3.63) is 64.7 Å². The summed E-state index contributed by atoms with van der Waals surface area (Å²) in [5.41, 5.74) is 2.42. The lowest BCUT2D eigenvalue weighted by molar-refractivity contribution is 0.0283. The monoisotopic (exact) mass is 468 g/mol. The predicted molar refractivity (Wildman–Crippen MR) is 135 cm³/mol. The van der Waals surface area contributed by atoms with Crippen molar-refractivity contribution in [1.82, 2.24) is 9.80 Å². The highest BCUT2D eigenvalue weighted by Crippen LogP contribution is 2.42. The van der Waals surface area contributed by atoms with Crippen LogP contribution in [0.5, 0.6) is 5.75 Å². The van der Waals surface area contributed by atoms with E-state index in [1.165, 1.54) is 18.4 Å². The third kappa shape index (κ3) is 6.30. The summed E-state index contributed by atoms with van der Waals surface area (Å²) >= 11 is 5.97. The molecule has 5 heteroatoms. The number of amides is 1. The van der Waals surface area contributed by atoms with E-state index in [9.17, 15) is 4.79 Å². The number of nitrogens with zero attached hydrogens (tertiary/aromatic N) is 2. The zero-order chi connectivity index (χ0) is 23.3. The number of ether oxygens (including phenoxy) is 1. The average Bonchev–Trinajstić information content (AvgIpc) is 2.82. The maximum absolute atomic E-state index is 12.8. The zero-order valence-electron chi connectivity index (χ0n) is 20.1. The fraction of sp³-hybridized carbons (Fsp3) is 0.536. The maximum atomic E-state index is 12.8. The summed E-state index contributed by atoms with van der Waals surface area (Å²) in [5.74, 6) is 1.82. The van der Waals surface area contributed by atoms with Crippen LogP contribution in [-0.2, 0) is 6.54 Å². The van der Waals surface area contributed by atoms with Crippen LogP contribution in [0.2, 0.25) is 5.02 Å². The molecule has 33 heavy (non-hydrogen) atoms. The number of para-hydroxylation sites is 1. The lowest BCUT2D eigenvalue weighted by Gasteiger charge is -2.47. The van der Waals surface area contributed by atoms with E-state index < -0.39 is 0 Å². The highest BCUT2D eigenvalue weighted by molar-refractivity contribution is 6.30. The first-order chi connectivity index (χ1) is 15.9. The van der Waals surface area contributed by atoms with Gasteiger partial charge in [0.1, 0.15) is 5.75 Å². The first kappa shape index (κ1) is 24.1. The fourth-order valence-electron chi connectivity index (χ4n) is 5.07. The van der Waals surface area contributed by atoms with E-state index in [1.54, 1.807) is 12.1 Å². The molecule has 0 saturated carbocycles. The van der Waals surface area contributed by atoms with Crippen molar-refractivity contribution >= 4 is 17.5 Å². The number of carbonyl (C=O) groups is 1. The van der Waals surface area contributed by atoms with E-state index >= 15 is 0 Å². The molecule has 0 unspecified atom stereocenters. The summed E-state index contributed by atoms with van der Waals surface area (Å²) in [6, 6.07) is 15.7. The van der Waals surface area contributed by atoms with Gasteiger partial charge in [-0.3, -0.25) is 9.69 Å². The molecule has 2 saturated heterocycles. The molecular formula is C28H37ClN2O2. The highest BCUT2D eigenvalue weighted by atomic mass is 35.5. The number of rotatable bonds is 7. The third-order valence-corrected chi connectivity index (χ3v) is 7.69. The van der Waals surface area contributed by atoms with Gasteiger partial charge in [0.15, 0.2) is 0 Å². The van der Waals surface area contributed by atoms with Crippen LogP contribution in [0, 0.1) is 11.3 Å². The van der Waals surface area contributed by atoms with Crippen LogP contribution in [0.15, 0.2) is 48.5 Å². The van der Waals surface area contributed by atoms with Crippen molar-refractivity contribution in [2.45, 2.75) is 52.5 Å². The number of halogens is 1. The number of piperidine rings is 2. The van der Waals surface area contributed by atoms with Gasteiger partial charge >= 0.3 is 0 Å². The Morgan fingerprint density at radius 1 is 0.970 bits per heavy atom. The molecule has 178 valence electrons. The molecule has 2 aliphatic heterocycles. The van der Waals surface area contributed by atoms with Crippen LogP contribution in [0.25, 0.3) is 0 Å². The summed E-state index contributed by atoms with van der Waals surface area (Å²) < 4.78 is 6.11. The molecule has 2 aromatic carbocycles. The highest BCUT2D eigenvalue weighted by Gasteiger charge is 2.38. The number of hydrogen-bond donors (Lipinski definition) is 0. The summed E-state index contributed by atoms with van der Waals surface area (Å²) in [4.78, 5) is 17.4. The van der Waals surface area contributed by atoms with Crippen LogP contribution in [0.4, 0.5) is 0 Å². The van der Waals surface area contributed by atoms with Gasteiger partial charge in [0.05, 0.1) is 6.61 Å². The van der Waals surface area contributed by atoms with Crippen molar-refractivity contribution in [2.24, 2.45) is 11.3 Å². The Labute approximate surface area is 203 Å². The molecule has 2 heterocycles. The van der Waals surface area contributed by atoms with Crippen LogP contribution < -0.4 is 4.74 Å². The van der Waals surface area contributed by atoms with Gasteiger partial charge in [0.25, 0.3) is 5.91 Å². The maximum Gasteiger partial charge on any atom is 0.253 e. The van der Waals surface area contributed by atoms with E-state index in [-0.39, 0.29) is 5.91 Å². The molecule has 2 fully saturated rings. The second-order valence-corrected chi connectivity index (χ2v) is 10.7. The minimum Gasteiger partial charge on any atom is -0.493 e. The van der Waals surface area contributed by atoms with Gasteiger partial charge in [-0.15, -0.1) is 0 Å². The molecule has 1 spiro atoms. The Morgan fingerprint density at radius 3 is 2.27 bits per heavy atom. The van der Waals surface area contributed by atoms with Crippen LogP contribution in [0.1, 0.15) is 61.9 Å². The Hall–Kier alpha value is -2.04. The van der Waals surface area contributed by atoms with Gasteiger partial charge < -0.3 is 9.64 Å². The second kappa shape index (κ2) is 10.9. The van der Waals surface area contributed by atoms with Crippen LogP contribution >= 0.6 is 11.6 Å². The van der Waals surface area contributed by atoms with Crippen molar-refractivity contribution in [3.8, 4) is 5.75 Å². The normalized spacial score (nSPS) is 18.6. The molecule has 0 aliphatic carbocycles. The molecule has 0 aromatic heterocycles. The Kier molecular flexibility index (Phi) is 7.98. The van der Waals surface area contributed by atoms with Crippen LogP contribution in [0.3, 0.4) is 0 Å². The van der Waals surface area contributed by atoms with Gasteiger partial charge in [-0.2, -0.15) is 0 Å². The van der Waals surface area contributed by atoms with E-state index in [1.807, 2.05) is 17.0 Å². The smallest absolute Gasteiger partial charge is 0.253 e. The Morgan fingerprint density at radius 2 is 1.61 bits per heavy atom. The van der Waals surface area contributed by atoms with Crippen LogP contribution in [-0.4, -0.2) is 48.5 Å². The first-order valence-corrected chi connectivity index (χ1v) is 12.8. The molecule has 0 radical (unpaired) electrons. The van der Waals surface area contributed by atoms with E-state index in [0.717, 1.165) is 69.9 Å². The molecule has 4 rings (SSSR count). The fourth-order valence-corrected chi connectivity index (χ4v) is 5.19. The standard InChI is InChI=1S/C28H37ClN2O2/c1-22(2)11-20-33-26-6-4-3-5-24(26)21-30-16-12-28(13-17-30)14-18-31(19-15-28)27(32)23-7-9-25(29)10-8-23/h3-10,22H,11-21H2,1-2H3. The van der Waals surface area contributed by atoms with Crippen molar-refractivity contribution < 1.29 is 9.53 Å². The molecule has 2 aromatic rings. The van der Waals surface area contributed by atoms with E-state index in [0.29, 0.717) is 16.4 Å². The summed E-state index contributed by atoms with van der Waals surface area (Å²) in [5, 5.41) is 0.667. The Balaban J connectivity index is 1.27. The quantitative estimate of drug-likeness (QED) is 0.479. The molecule has 0 atom stereocenters. The lowest BCUT2D eigenvalue weighted by atomic mass is 9.71. The predicted octanol–water partition coefficient (Wildman–Crippen LogP) is 6.28. The van der Waals surface area contributed by atoms with Gasteiger partial charge in [-0.1, -0.05) is 43.6 Å². The molecule has 0 N–H and O–H groups in total. The number of carbonyl (C=O) groups excluding carboxylic acids is 1. The lowest BCUT2D eigenvalue weighted by Crippen LogP contribution is -2.48. The Bertz CT molecular complexity index is 910. The molecule has 2 aliphatic rings. The SMILES string of the molecule is CC(C)CCOc1ccccc1CN1CCC2(CC1)CCN(C(=O)c1ccc(Cl)cc1)CC2. The number of benzene rings is 2. The van der Waals surface area contributed by atoms with E-state index in [4.69, 9.17) is 16.3 Å². The third-order valence-electron chi connectivity index (χ3n) is 7.44. The van der Waals surface area contributed by atoms with E-state index in [2.05, 4.69) is 43.0 Å². The number of likely N-dealkylation sites (tertiary alicyclic amines) is 2. The second-order valence-electron chi connectivity index (χ2n) is 10.2. The molecular weight excluding hydrogens is 432 g/mol. The summed E-state index contributed by atoms with van der Waals surface area (Å²) in [6.45, 7) is 10.1. The van der Waals surface area contributed by atoms with Gasteiger partial charge in [-0.05, 0) is 86.9 Å². The average molecular weight is 469 g/mol. The van der Waals surface area contributed by atoms with Gasteiger partial charge in [0.2, 0.25) is 0 Å². The summed E-state index contributed by atoms with van der Waals surface area (Å²) in [7, 11) is 0. The topological polar surface area (TPSA) is 32.8 Å². The summed E-state index contributed by atoms with van der Waals surface area (Å²) in [6.07, 6.45) is 5.72.